The number of nitrogens with zero attached hydrogens (tertiary/aromatic N) is 1. The Labute approximate surface area is 174 Å². The number of amides is 1. The average Bonchev–Trinajstić information content (AvgIpc) is 2.96. The molecule has 0 atom stereocenters. The van der Waals surface area contributed by atoms with E-state index in [1.165, 1.54) is 18.3 Å². The number of hydrogen-bond acceptors (Lipinski definition) is 4. The zero-order valence-electron chi connectivity index (χ0n) is 14.8. The van der Waals surface area contributed by atoms with Gasteiger partial charge >= 0.3 is 6.29 Å². The van der Waals surface area contributed by atoms with Crippen LogP contribution in [0, 0.1) is 6.92 Å². The largest absolute Gasteiger partial charge is 0.586 e. The molecule has 0 spiro atoms. The van der Waals surface area contributed by atoms with Crippen LogP contribution >= 0.6 is 23.2 Å². The molecule has 0 saturated heterocycles. The second-order valence-electron chi connectivity index (χ2n) is 6.27. The molecule has 3 aromatic rings. The number of alkyl halides is 2. The summed E-state index contributed by atoms with van der Waals surface area (Å²) < 4.78 is 35.3. The molecule has 1 amide bonds. The van der Waals surface area contributed by atoms with Gasteiger partial charge in [0.25, 0.3) is 5.91 Å². The highest BCUT2D eigenvalue weighted by molar-refractivity contribution is 6.35. The van der Waals surface area contributed by atoms with Crippen LogP contribution in [-0.2, 0) is 0 Å². The zero-order chi connectivity index (χ0) is 20.8. The smallest absolute Gasteiger partial charge is 0.395 e. The van der Waals surface area contributed by atoms with Gasteiger partial charge in [0, 0.05) is 23.4 Å². The molecular formula is C20H12Cl2F2N2O3. The first-order valence-electron chi connectivity index (χ1n) is 8.36. The summed E-state index contributed by atoms with van der Waals surface area (Å²) in [4.78, 5) is 16.6. The number of rotatable bonds is 3. The lowest BCUT2D eigenvalue weighted by molar-refractivity contribution is -0.286. The lowest BCUT2D eigenvalue weighted by Gasteiger charge is -2.09. The Hall–Kier alpha value is -2.90. The summed E-state index contributed by atoms with van der Waals surface area (Å²) in [6, 6.07) is 11.0. The molecule has 2 aromatic carbocycles. The van der Waals surface area contributed by atoms with Crippen molar-refractivity contribution in [3.63, 3.8) is 0 Å². The maximum Gasteiger partial charge on any atom is 0.586 e. The molecule has 0 bridgehead atoms. The Morgan fingerprint density at radius 3 is 2.52 bits per heavy atom. The van der Waals surface area contributed by atoms with Crippen LogP contribution in [0.15, 0.2) is 48.7 Å². The van der Waals surface area contributed by atoms with E-state index in [2.05, 4.69) is 19.8 Å². The molecule has 1 aliphatic heterocycles. The van der Waals surface area contributed by atoms with Crippen molar-refractivity contribution in [2.45, 2.75) is 13.2 Å². The van der Waals surface area contributed by atoms with Gasteiger partial charge in [-0.3, -0.25) is 4.79 Å². The minimum atomic E-state index is -3.73. The normalized spacial score (nSPS) is 14.0. The Morgan fingerprint density at radius 2 is 1.83 bits per heavy atom. The lowest BCUT2D eigenvalue weighted by atomic mass is 10.1. The summed E-state index contributed by atoms with van der Waals surface area (Å²) in [6.07, 6.45) is -2.28. The predicted octanol–water partition coefficient (Wildman–Crippen LogP) is 5.94. The van der Waals surface area contributed by atoms with Crippen LogP contribution < -0.4 is 14.8 Å². The number of carbonyl (C=O) groups is 1. The van der Waals surface area contributed by atoms with Gasteiger partial charge in [0.1, 0.15) is 5.82 Å². The van der Waals surface area contributed by atoms with Gasteiger partial charge in [0.2, 0.25) is 0 Å². The molecule has 1 aromatic heterocycles. The van der Waals surface area contributed by atoms with Gasteiger partial charge in [-0.05, 0) is 36.8 Å². The van der Waals surface area contributed by atoms with Crippen molar-refractivity contribution < 1.29 is 23.0 Å². The quantitative estimate of drug-likeness (QED) is 0.551. The molecule has 2 heterocycles. The van der Waals surface area contributed by atoms with Gasteiger partial charge in [-0.1, -0.05) is 35.3 Å². The molecule has 0 aliphatic carbocycles. The van der Waals surface area contributed by atoms with E-state index in [0.717, 1.165) is 5.56 Å². The highest BCUT2D eigenvalue weighted by Gasteiger charge is 2.43. The van der Waals surface area contributed by atoms with Crippen LogP contribution in [-0.4, -0.2) is 17.2 Å². The number of pyridine rings is 1. The molecule has 5 nitrogen and oxygen atoms in total. The molecular weight excluding hydrogens is 425 g/mol. The molecule has 4 rings (SSSR count). The molecule has 1 N–H and O–H groups in total. The maximum atomic E-state index is 13.2. The molecule has 0 fully saturated rings. The summed E-state index contributed by atoms with van der Waals surface area (Å²) in [7, 11) is 0. The van der Waals surface area contributed by atoms with Crippen molar-refractivity contribution in [1.82, 2.24) is 4.98 Å². The van der Waals surface area contributed by atoms with Crippen molar-refractivity contribution in [1.29, 1.82) is 0 Å². The SMILES string of the molecule is Cc1cccc(C(=O)Nc2ccc(-c3cc4c(cc3Cl)OC(F)(F)O4)cn2)c1Cl. The van der Waals surface area contributed by atoms with E-state index in [4.69, 9.17) is 23.2 Å². The Bertz CT molecular complexity index is 1120. The highest BCUT2D eigenvalue weighted by atomic mass is 35.5. The number of benzene rings is 2. The van der Waals surface area contributed by atoms with Crippen LogP contribution in [0.5, 0.6) is 11.5 Å². The zero-order valence-corrected chi connectivity index (χ0v) is 16.3. The summed E-state index contributed by atoms with van der Waals surface area (Å²) in [5.74, 6) is -0.376. The topological polar surface area (TPSA) is 60.5 Å². The number of fused-ring (bicyclic) bond motifs is 1. The predicted molar refractivity (Wildman–Crippen MR) is 105 cm³/mol. The van der Waals surface area contributed by atoms with Gasteiger partial charge < -0.3 is 14.8 Å². The van der Waals surface area contributed by atoms with E-state index in [-0.39, 0.29) is 16.5 Å². The highest BCUT2D eigenvalue weighted by Crippen LogP contribution is 2.46. The number of hydrogen-bond donors (Lipinski definition) is 1. The van der Waals surface area contributed by atoms with Crippen molar-refractivity contribution >= 4 is 34.9 Å². The van der Waals surface area contributed by atoms with Crippen molar-refractivity contribution in [2.75, 3.05) is 5.32 Å². The minimum absolute atomic E-state index is 0.124. The molecule has 0 radical (unpaired) electrons. The van der Waals surface area contributed by atoms with Gasteiger partial charge in [-0.25, -0.2) is 4.98 Å². The maximum absolute atomic E-state index is 13.2. The van der Waals surface area contributed by atoms with E-state index in [1.54, 1.807) is 37.3 Å². The van der Waals surface area contributed by atoms with Crippen LogP contribution in [0.25, 0.3) is 11.1 Å². The Morgan fingerprint density at radius 1 is 1.10 bits per heavy atom. The average molecular weight is 437 g/mol. The number of carbonyl (C=O) groups excluding carboxylic acids is 1. The number of nitrogens with one attached hydrogen (secondary N) is 1. The Balaban J connectivity index is 1.56. The number of halogens is 4. The molecule has 29 heavy (non-hydrogen) atoms. The second-order valence-corrected chi connectivity index (χ2v) is 7.05. The Kier molecular flexibility index (Phi) is 4.80. The number of ether oxygens (including phenoxy) is 2. The number of aromatic nitrogens is 1. The molecule has 0 saturated carbocycles. The molecule has 0 unspecified atom stereocenters. The molecule has 1 aliphatic rings. The fourth-order valence-corrected chi connectivity index (χ4v) is 3.30. The van der Waals surface area contributed by atoms with Gasteiger partial charge in [-0.2, -0.15) is 0 Å². The first kappa shape index (κ1) is 19.4. The van der Waals surface area contributed by atoms with Crippen LogP contribution in [0.4, 0.5) is 14.6 Å². The second kappa shape index (κ2) is 7.17. The van der Waals surface area contributed by atoms with E-state index in [9.17, 15) is 13.6 Å². The summed E-state index contributed by atoms with van der Waals surface area (Å²) in [6.45, 7) is 1.80. The third-order valence-electron chi connectivity index (χ3n) is 4.24. The van der Waals surface area contributed by atoms with Crippen LogP contribution in [0.1, 0.15) is 15.9 Å². The molecule has 9 heteroatoms. The summed E-state index contributed by atoms with van der Waals surface area (Å²) in [5, 5.41) is 3.22. The van der Waals surface area contributed by atoms with Gasteiger partial charge in [0.05, 0.1) is 15.6 Å². The van der Waals surface area contributed by atoms with Gasteiger partial charge in [-0.15, -0.1) is 8.78 Å². The first-order valence-corrected chi connectivity index (χ1v) is 9.11. The van der Waals surface area contributed by atoms with E-state index >= 15 is 0 Å². The monoisotopic (exact) mass is 436 g/mol. The van der Waals surface area contributed by atoms with E-state index in [0.29, 0.717) is 27.5 Å². The lowest BCUT2D eigenvalue weighted by Crippen LogP contribution is -2.25. The number of anilines is 1. The molecule has 148 valence electrons. The third-order valence-corrected chi connectivity index (χ3v) is 5.06. The van der Waals surface area contributed by atoms with Crippen molar-refractivity contribution in [3.05, 3.63) is 69.8 Å². The van der Waals surface area contributed by atoms with E-state index < -0.39 is 12.2 Å². The van der Waals surface area contributed by atoms with Crippen molar-refractivity contribution in [3.8, 4) is 22.6 Å². The van der Waals surface area contributed by atoms with E-state index in [1.807, 2.05) is 0 Å². The van der Waals surface area contributed by atoms with Crippen LogP contribution in [0.3, 0.4) is 0 Å². The van der Waals surface area contributed by atoms with Gasteiger partial charge in [0.15, 0.2) is 11.5 Å². The fourth-order valence-electron chi connectivity index (χ4n) is 2.83. The fraction of sp³-hybridized carbons (Fsp3) is 0.100. The van der Waals surface area contributed by atoms with Crippen molar-refractivity contribution in [2.24, 2.45) is 0 Å². The summed E-state index contributed by atoms with van der Waals surface area (Å²) >= 11 is 12.4. The summed E-state index contributed by atoms with van der Waals surface area (Å²) in [5.41, 5.74) is 2.09. The third kappa shape index (κ3) is 3.83. The van der Waals surface area contributed by atoms with Crippen LogP contribution in [0.2, 0.25) is 10.0 Å². The number of aryl methyl sites for hydroxylation is 1. The first-order chi connectivity index (χ1) is 13.7. The standard InChI is InChI=1S/C20H12Cl2F2N2O3/c1-10-3-2-4-12(18(10)22)19(27)26-17-6-5-11(9-25-17)13-7-15-16(8-14(13)21)29-20(23,24)28-15/h2-9H,1H3,(H,25,26,27). The minimum Gasteiger partial charge on any atom is -0.395 e.